The van der Waals surface area contributed by atoms with Crippen LogP contribution in [0.25, 0.3) is 0 Å². The molecular weight excluding hydrogens is 290 g/mol. The molecule has 0 atom stereocenters. The standard InChI is InChI=1S/C16H16ClNO3/c1-10-4-3-5-12(17)15(10)18-8-11-6-13(19-2)16-14(7-11)20-9-21-16/h3-7,18H,8-9H2,1-2H3. The normalized spacial score (nSPS) is 12.3. The number of para-hydroxylation sites is 1. The van der Waals surface area contributed by atoms with E-state index >= 15 is 0 Å². The van der Waals surface area contributed by atoms with Gasteiger partial charge in [-0.25, -0.2) is 0 Å². The Balaban J connectivity index is 1.83. The first kappa shape index (κ1) is 13.9. The number of benzene rings is 2. The van der Waals surface area contributed by atoms with Crippen LogP contribution in [0.5, 0.6) is 17.2 Å². The fourth-order valence-corrected chi connectivity index (χ4v) is 2.62. The van der Waals surface area contributed by atoms with Crippen molar-refractivity contribution in [1.29, 1.82) is 0 Å². The fraction of sp³-hybridized carbons (Fsp3) is 0.250. The molecule has 0 spiro atoms. The summed E-state index contributed by atoms with van der Waals surface area (Å²) in [4.78, 5) is 0. The van der Waals surface area contributed by atoms with Crippen LogP contribution in [0.15, 0.2) is 30.3 Å². The Bertz CT molecular complexity index is 653. The van der Waals surface area contributed by atoms with Gasteiger partial charge in [-0.05, 0) is 36.2 Å². The van der Waals surface area contributed by atoms with Crippen LogP contribution in [-0.4, -0.2) is 13.9 Å². The second-order valence-electron chi connectivity index (χ2n) is 4.82. The van der Waals surface area contributed by atoms with E-state index in [1.54, 1.807) is 7.11 Å². The average molecular weight is 306 g/mol. The summed E-state index contributed by atoms with van der Waals surface area (Å²) in [7, 11) is 1.62. The van der Waals surface area contributed by atoms with E-state index in [1.807, 2.05) is 37.3 Å². The van der Waals surface area contributed by atoms with Gasteiger partial charge in [-0.2, -0.15) is 0 Å². The molecule has 0 aromatic heterocycles. The summed E-state index contributed by atoms with van der Waals surface area (Å²) in [5.41, 5.74) is 3.08. The van der Waals surface area contributed by atoms with Gasteiger partial charge in [0.1, 0.15) is 0 Å². The zero-order valence-electron chi connectivity index (χ0n) is 11.9. The van der Waals surface area contributed by atoms with Crippen LogP contribution in [0.1, 0.15) is 11.1 Å². The van der Waals surface area contributed by atoms with Gasteiger partial charge in [0.15, 0.2) is 11.5 Å². The molecule has 0 aliphatic carbocycles. The summed E-state index contributed by atoms with van der Waals surface area (Å²) in [6, 6.07) is 9.72. The monoisotopic (exact) mass is 305 g/mol. The number of fused-ring (bicyclic) bond motifs is 1. The first-order valence-electron chi connectivity index (χ1n) is 6.64. The van der Waals surface area contributed by atoms with Crippen LogP contribution in [0.3, 0.4) is 0 Å². The smallest absolute Gasteiger partial charge is 0.231 e. The van der Waals surface area contributed by atoms with Crippen molar-refractivity contribution in [2.75, 3.05) is 19.2 Å². The Morgan fingerprint density at radius 3 is 2.90 bits per heavy atom. The van der Waals surface area contributed by atoms with Gasteiger partial charge in [0.2, 0.25) is 12.5 Å². The first-order chi connectivity index (χ1) is 10.2. The minimum Gasteiger partial charge on any atom is -0.493 e. The van der Waals surface area contributed by atoms with Crippen LogP contribution in [0.4, 0.5) is 5.69 Å². The van der Waals surface area contributed by atoms with Crippen LogP contribution in [-0.2, 0) is 6.54 Å². The van der Waals surface area contributed by atoms with Crippen molar-refractivity contribution in [2.24, 2.45) is 0 Å². The van der Waals surface area contributed by atoms with Crippen molar-refractivity contribution in [1.82, 2.24) is 0 Å². The summed E-state index contributed by atoms with van der Waals surface area (Å²) in [6.07, 6.45) is 0. The van der Waals surface area contributed by atoms with E-state index in [0.717, 1.165) is 16.8 Å². The molecule has 0 fully saturated rings. The van der Waals surface area contributed by atoms with E-state index in [2.05, 4.69) is 5.32 Å². The van der Waals surface area contributed by atoms with E-state index in [4.69, 9.17) is 25.8 Å². The lowest BCUT2D eigenvalue weighted by Gasteiger charge is -2.13. The number of halogens is 1. The van der Waals surface area contributed by atoms with Crippen LogP contribution < -0.4 is 19.5 Å². The molecular formula is C16H16ClNO3. The van der Waals surface area contributed by atoms with Crippen LogP contribution in [0, 0.1) is 6.92 Å². The molecule has 1 aliphatic rings. The Hall–Kier alpha value is -2.07. The van der Waals surface area contributed by atoms with Crippen molar-refractivity contribution >= 4 is 17.3 Å². The largest absolute Gasteiger partial charge is 0.493 e. The molecule has 2 aromatic rings. The quantitative estimate of drug-likeness (QED) is 0.927. The third-order valence-corrected chi connectivity index (χ3v) is 3.72. The summed E-state index contributed by atoms with van der Waals surface area (Å²) in [6.45, 7) is 2.87. The highest BCUT2D eigenvalue weighted by Crippen LogP contribution is 2.42. The second-order valence-corrected chi connectivity index (χ2v) is 5.22. The summed E-state index contributed by atoms with van der Waals surface area (Å²) in [5.74, 6) is 2.05. The van der Waals surface area contributed by atoms with Gasteiger partial charge in [0.05, 0.1) is 17.8 Å². The molecule has 1 heterocycles. The van der Waals surface area contributed by atoms with E-state index in [-0.39, 0.29) is 6.79 Å². The Labute approximate surface area is 128 Å². The second kappa shape index (κ2) is 5.74. The number of anilines is 1. The summed E-state index contributed by atoms with van der Waals surface area (Å²) in [5, 5.41) is 4.07. The van der Waals surface area contributed by atoms with Gasteiger partial charge < -0.3 is 19.5 Å². The van der Waals surface area contributed by atoms with E-state index in [9.17, 15) is 0 Å². The van der Waals surface area contributed by atoms with Crippen LogP contribution in [0.2, 0.25) is 5.02 Å². The van der Waals surface area contributed by atoms with Crippen molar-refractivity contribution < 1.29 is 14.2 Å². The molecule has 2 aromatic carbocycles. The molecule has 0 saturated heterocycles. The van der Waals surface area contributed by atoms with Crippen LogP contribution >= 0.6 is 11.6 Å². The van der Waals surface area contributed by atoms with Gasteiger partial charge in [-0.1, -0.05) is 23.7 Å². The molecule has 5 heteroatoms. The Morgan fingerprint density at radius 2 is 2.14 bits per heavy atom. The van der Waals surface area contributed by atoms with Gasteiger partial charge in [-0.3, -0.25) is 0 Å². The topological polar surface area (TPSA) is 39.7 Å². The predicted molar refractivity (Wildman–Crippen MR) is 82.6 cm³/mol. The van der Waals surface area contributed by atoms with Crippen molar-refractivity contribution in [2.45, 2.75) is 13.5 Å². The molecule has 4 nitrogen and oxygen atoms in total. The maximum atomic E-state index is 6.22. The number of nitrogens with one attached hydrogen (secondary N) is 1. The minimum absolute atomic E-state index is 0.228. The number of hydrogen-bond acceptors (Lipinski definition) is 4. The zero-order valence-corrected chi connectivity index (χ0v) is 12.7. The average Bonchev–Trinajstić information content (AvgIpc) is 2.94. The molecule has 3 rings (SSSR count). The lowest BCUT2D eigenvalue weighted by atomic mass is 10.1. The van der Waals surface area contributed by atoms with E-state index in [0.29, 0.717) is 28.8 Å². The predicted octanol–water partition coefficient (Wildman–Crippen LogP) is 4.00. The molecule has 0 radical (unpaired) electrons. The van der Waals surface area contributed by atoms with Crippen molar-refractivity contribution in [3.63, 3.8) is 0 Å². The highest BCUT2D eigenvalue weighted by molar-refractivity contribution is 6.33. The van der Waals surface area contributed by atoms with E-state index in [1.165, 1.54) is 0 Å². The fourth-order valence-electron chi connectivity index (χ4n) is 2.33. The highest BCUT2D eigenvalue weighted by Gasteiger charge is 2.20. The highest BCUT2D eigenvalue weighted by atomic mass is 35.5. The SMILES string of the molecule is COc1cc(CNc2c(C)cccc2Cl)cc2c1OCO2. The summed E-state index contributed by atoms with van der Waals surface area (Å²) < 4.78 is 16.2. The number of rotatable bonds is 4. The molecule has 110 valence electrons. The number of methoxy groups -OCH3 is 1. The molecule has 0 saturated carbocycles. The molecule has 0 bridgehead atoms. The maximum Gasteiger partial charge on any atom is 0.231 e. The number of hydrogen-bond donors (Lipinski definition) is 1. The minimum atomic E-state index is 0.228. The first-order valence-corrected chi connectivity index (χ1v) is 7.02. The number of aryl methyl sites for hydroxylation is 1. The third kappa shape index (κ3) is 2.72. The molecule has 21 heavy (non-hydrogen) atoms. The summed E-state index contributed by atoms with van der Waals surface area (Å²) >= 11 is 6.22. The van der Waals surface area contributed by atoms with Gasteiger partial charge in [0, 0.05) is 6.54 Å². The van der Waals surface area contributed by atoms with Gasteiger partial charge in [-0.15, -0.1) is 0 Å². The Kier molecular flexibility index (Phi) is 3.80. The maximum absolute atomic E-state index is 6.22. The number of ether oxygens (including phenoxy) is 3. The molecule has 1 N–H and O–H groups in total. The van der Waals surface area contributed by atoms with Gasteiger partial charge in [0.25, 0.3) is 0 Å². The van der Waals surface area contributed by atoms with E-state index < -0.39 is 0 Å². The molecule has 0 unspecified atom stereocenters. The molecule has 1 aliphatic heterocycles. The van der Waals surface area contributed by atoms with Crippen molar-refractivity contribution in [3.05, 3.63) is 46.5 Å². The Morgan fingerprint density at radius 1 is 1.29 bits per heavy atom. The zero-order chi connectivity index (χ0) is 14.8. The lowest BCUT2D eigenvalue weighted by Crippen LogP contribution is -2.02. The van der Waals surface area contributed by atoms with Gasteiger partial charge >= 0.3 is 0 Å². The van der Waals surface area contributed by atoms with Crippen molar-refractivity contribution in [3.8, 4) is 17.2 Å². The lowest BCUT2D eigenvalue weighted by molar-refractivity contribution is 0.171. The molecule has 0 amide bonds. The third-order valence-electron chi connectivity index (χ3n) is 3.41.